The molecule has 4 nitrogen and oxygen atoms in total. The van der Waals surface area contributed by atoms with Gasteiger partial charge in [0, 0.05) is 25.9 Å². The first-order valence-corrected chi connectivity index (χ1v) is 6.64. The zero-order chi connectivity index (χ0) is 13.8. The van der Waals surface area contributed by atoms with Gasteiger partial charge in [-0.2, -0.15) is 5.10 Å². The summed E-state index contributed by atoms with van der Waals surface area (Å²) in [6.07, 6.45) is 5.12. The van der Waals surface area contributed by atoms with Crippen LogP contribution in [0.25, 0.3) is 0 Å². The SMILES string of the molecule is CCOC(C(Cc1cnn(C)c1)NC)C(C)(C)C. The normalized spacial score (nSPS) is 15.7. The van der Waals surface area contributed by atoms with E-state index in [2.05, 4.69) is 44.3 Å². The maximum absolute atomic E-state index is 5.95. The summed E-state index contributed by atoms with van der Waals surface area (Å²) in [6.45, 7) is 9.46. The van der Waals surface area contributed by atoms with Crippen molar-refractivity contribution in [1.29, 1.82) is 0 Å². The maximum Gasteiger partial charge on any atom is 0.0779 e. The second-order valence-corrected chi connectivity index (χ2v) is 5.86. The molecule has 1 N–H and O–H groups in total. The van der Waals surface area contributed by atoms with Crippen LogP contribution in [0, 0.1) is 5.41 Å². The van der Waals surface area contributed by atoms with Gasteiger partial charge < -0.3 is 10.1 Å². The second-order valence-electron chi connectivity index (χ2n) is 5.86. The second kappa shape index (κ2) is 6.34. The molecule has 2 unspecified atom stereocenters. The number of hydrogen-bond donors (Lipinski definition) is 1. The van der Waals surface area contributed by atoms with Crippen LogP contribution >= 0.6 is 0 Å². The van der Waals surface area contributed by atoms with Crippen molar-refractivity contribution in [3.63, 3.8) is 0 Å². The van der Waals surface area contributed by atoms with E-state index in [0.717, 1.165) is 13.0 Å². The Hall–Kier alpha value is -0.870. The predicted octanol–water partition coefficient (Wildman–Crippen LogP) is 2.00. The van der Waals surface area contributed by atoms with Gasteiger partial charge in [0.1, 0.15) is 0 Å². The van der Waals surface area contributed by atoms with Crippen LogP contribution in [0.4, 0.5) is 0 Å². The molecule has 18 heavy (non-hydrogen) atoms. The van der Waals surface area contributed by atoms with Gasteiger partial charge in [-0.3, -0.25) is 4.68 Å². The highest BCUT2D eigenvalue weighted by Crippen LogP contribution is 2.26. The highest BCUT2D eigenvalue weighted by molar-refractivity contribution is 5.07. The third kappa shape index (κ3) is 4.10. The number of rotatable bonds is 6. The summed E-state index contributed by atoms with van der Waals surface area (Å²) in [5.74, 6) is 0. The van der Waals surface area contributed by atoms with Crippen molar-refractivity contribution in [2.75, 3.05) is 13.7 Å². The highest BCUT2D eigenvalue weighted by Gasteiger charge is 2.32. The van der Waals surface area contributed by atoms with E-state index >= 15 is 0 Å². The molecule has 0 spiro atoms. The van der Waals surface area contributed by atoms with Gasteiger partial charge in [-0.15, -0.1) is 0 Å². The third-order valence-electron chi connectivity index (χ3n) is 3.15. The zero-order valence-electron chi connectivity index (χ0n) is 12.5. The minimum absolute atomic E-state index is 0.117. The summed E-state index contributed by atoms with van der Waals surface area (Å²) >= 11 is 0. The highest BCUT2D eigenvalue weighted by atomic mass is 16.5. The molecular weight excluding hydrogens is 226 g/mol. The minimum atomic E-state index is 0.117. The Balaban J connectivity index is 2.79. The first kappa shape index (κ1) is 15.2. The fourth-order valence-corrected chi connectivity index (χ4v) is 2.34. The molecule has 0 aromatic carbocycles. The Labute approximate surface area is 111 Å². The van der Waals surface area contributed by atoms with Crippen molar-refractivity contribution < 1.29 is 4.74 Å². The first-order valence-electron chi connectivity index (χ1n) is 6.64. The quantitative estimate of drug-likeness (QED) is 0.843. The van der Waals surface area contributed by atoms with Crippen LogP contribution in [-0.4, -0.2) is 35.6 Å². The monoisotopic (exact) mass is 253 g/mol. The molecule has 0 aliphatic rings. The average molecular weight is 253 g/mol. The molecule has 0 radical (unpaired) electrons. The van der Waals surface area contributed by atoms with Crippen LogP contribution in [-0.2, 0) is 18.2 Å². The fraction of sp³-hybridized carbons (Fsp3) is 0.786. The number of hydrogen-bond acceptors (Lipinski definition) is 3. The van der Waals surface area contributed by atoms with E-state index in [1.54, 1.807) is 0 Å². The molecule has 0 amide bonds. The van der Waals surface area contributed by atoms with Crippen molar-refractivity contribution in [3.05, 3.63) is 18.0 Å². The lowest BCUT2D eigenvalue weighted by Gasteiger charge is -2.36. The average Bonchev–Trinajstić information content (AvgIpc) is 2.67. The van der Waals surface area contributed by atoms with E-state index in [4.69, 9.17) is 4.74 Å². The van der Waals surface area contributed by atoms with E-state index in [-0.39, 0.29) is 11.5 Å². The minimum Gasteiger partial charge on any atom is -0.376 e. The number of ether oxygens (including phenoxy) is 1. The first-order chi connectivity index (χ1) is 8.38. The summed E-state index contributed by atoms with van der Waals surface area (Å²) < 4.78 is 7.79. The molecule has 1 aromatic rings. The van der Waals surface area contributed by atoms with Crippen molar-refractivity contribution in [3.8, 4) is 0 Å². The lowest BCUT2D eigenvalue weighted by Crippen LogP contribution is -2.48. The van der Waals surface area contributed by atoms with E-state index in [9.17, 15) is 0 Å². The summed E-state index contributed by atoms with van der Waals surface area (Å²) in [5.41, 5.74) is 1.36. The van der Waals surface area contributed by atoms with Crippen LogP contribution in [0.3, 0.4) is 0 Å². The summed E-state index contributed by atoms with van der Waals surface area (Å²) in [5, 5.41) is 7.61. The Morgan fingerprint density at radius 1 is 1.44 bits per heavy atom. The Morgan fingerprint density at radius 3 is 2.50 bits per heavy atom. The van der Waals surface area contributed by atoms with Gasteiger partial charge in [-0.25, -0.2) is 0 Å². The summed E-state index contributed by atoms with van der Waals surface area (Å²) in [6, 6.07) is 0.300. The topological polar surface area (TPSA) is 39.1 Å². The molecule has 0 aliphatic carbocycles. The van der Waals surface area contributed by atoms with Crippen molar-refractivity contribution >= 4 is 0 Å². The molecule has 4 heteroatoms. The van der Waals surface area contributed by atoms with Crippen LogP contribution in [0.2, 0.25) is 0 Å². The number of likely N-dealkylation sites (N-methyl/N-ethyl adjacent to an activating group) is 1. The van der Waals surface area contributed by atoms with Crippen molar-refractivity contribution in [1.82, 2.24) is 15.1 Å². The molecule has 104 valence electrons. The molecule has 0 bridgehead atoms. The van der Waals surface area contributed by atoms with Gasteiger partial charge in [-0.1, -0.05) is 20.8 Å². The Bertz CT molecular complexity index is 354. The Morgan fingerprint density at radius 2 is 2.11 bits per heavy atom. The van der Waals surface area contributed by atoms with Crippen molar-refractivity contribution in [2.45, 2.75) is 46.3 Å². The summed E-state index contributed by atoms with van der Waals surface area (Å²) in [4.78, 5) is 0. The summed E-state index contributed by atoms with van der Waals surface area (Å²) in [7, 11) is 3.94. The third-order valence-corrected chi connectivity index (χ3v) is 3.15. The van der Waals surface area contributed by atoms with E-state index in [1.165, 1.54) is 5.56 Å². The van der Waals surface area contributed by atoms with Gasteiger partial charge >= 0.3 is 0 Å². The number of nitrogens with one attached hydrogen (secondary N) is 1. The maximum atomic E-state index is 5.95. The zero-order valence-corrected chi connectivity index (χ0v) is 12.5. The molecule has 1 rings (SSSR count). The van der Waals surface area contributed by atoms with Gasteiger partial charge in [0.2, 0.25) is 0 Å². The van der Waals surface area contributed by atoms with Gasteiger partial charge in [-0.05, 0) is 31.4 Å². The number of nitrogens with zero attached hydrogens (tertiary/aromatic N) is 2. The molecule has 0 saturated carbocycles. The molecule has 1 heterocycles. The smallest absolute Gasteiger partial charge is 0.0779 e. The lowest BCUT2D eigenvalue weighted by atomic mass is 9.82. The van der Waals surface area contributed by atoms with Crippen LogP contribution < -0.4 is 5.32 Å². The van der Waals surface area contributed by atoms with E-state index < -0.39 is 0 Å². The molecule has 0 fully saturated rings. The lowest BCUT2D eigenvalue weighted by molar-refractivity contribution is -0.0340. The largest absolute Gasteiger partial charge is 0.376 e. The number of aryl methyl sites for hydroxylation is 1. The van der Waals surface area contributed by atoms with Crippen molar-refractivity contribution in [2.24, 2.45) is 12.5 Å². The molecule has 0 aliphatic heterocycles. The number of aromatic nitrogens is 2. The predicted molar refractivity (Wildman–Crippen MR) is 74.6 cm³/mol. The Kier molecular flexibility index (Phi) is 5.35. The van der Waals surface area contributed by atoms with Crippen LogP contribution in [0.15, 0.2) is 12.4 Å². The molecule has 2 atom stereocenters. The van der Waals surface area contributed by atoms with E-state index in [1.807, 2.05) is 25.0 Å². The molecule has 1 aromatic heterocycles. The van der Waals surface area contributed by atoms with Crippen LogP contribution in [0.5, 0.6) is 0 Å². The van der Waals surface area contributed by atoms with Gasteiger partial charge in [0.05, 0.1) is 12.3 Å². The molecule has 0 saturated heterocycles. The fourth-order valence-electron chi connectivity index (χ4n) is 2.34. The van der Waals surface area contributed by atoms with Gasteiger partial charge in [0.25, 0.3) is 0 Å². The molecular formula is C14H27N3O. The van der Waals surface area contributed by atoms with Gasteiger partial charge in [0.15, 0.2) is 0 Å². The van der Waals surface area contributed by atoms with E-state index in [0.29, 0.717) is 6.04 Å². The standard InChI is InChI=1S/C14H27N3O/c1-7-18-13(14(2,3)4)12(15-5)8-11-9-16-17(6)10-11/h9-10,12-13,15H,7-8H2,1-6H3. The van der Waals surface area contributed by atoms with Crippen LogP contribution in [0.1, 0.15) is 33.3 Å².